The second-order valence-electron chi connectivity index (χ2n) is 7.93. The number of aromatic amines is 1. The van der Waals surface area contributed by atoms with Gasteiger partial charge in [0.25, 0.3) is 0 Å². The molecule has 1 fully saturated rings. The zero-order valence-electron chi connectivity index (χ0n) is 17.2. The number of likely N-dealkylation sites (N-methyl/N-ethyl adjacent to an activating group) is 1. The predicted octanol–water partition coefficient (Wildman–Crippen LogP) is 2.78. The molecule has 160 valence electrons. The number of oxazole rings is 1. The Balaban J connectivity index is 1.56. The summed E-state index contributed by atoms with van der Waals surface area (Å²) in [5.74, 6) is -0.654. The standard InChI is InChI=1S/C23H23FN4O3/c1-27(22(29)11-15-5-6-21-19(10-15)26-23(30)31-21)20(14-28-8-7-18(24)13-28)17-4-2-3-16(9-17)12-25/h2-6,9-10,18,20H,7-8,11,13-14H2,1H3,(H,26,30)/t18-,20-/m1/s1. The molecule has 0 unspecified atom stereocenters. The number of carbonyl (C=O) groups excluding carboxylic acids is 1. The fourth-order valence-electron chi connectivity index (χ4n) is 4.05. The Morgan fingerprint density at radius 3 is 2.97 bits per heavy atom. The molecular formula is C23H23FN4O3. The Bertz CT molecular complexity index is 1200. The molecule has 31 heavy (non-hydrogen) atoms. The van der Waals surface area contributed by atoms with Gasteiger partial charge in [0, 0.05) is 26.7 Å². The van der Waals surface area contributed by atoms with Gasteiger partial charge in [-0.2, -0.15) is 5.26 Å². The minimum atomic E-state index is -0.851. The summed E-state index contributed by atoms with van der Waals surface area (Å²) >= 11 is 0. The lowest BCUT2D eigenvalue weighted by Gasteiger charge is -2.32. The molecule has 0 aliphatic carbocycles. The van der Waals surface area contributed by atoms with Gasteiger partial charge in [-0.1, -0.05) is 18.2 Å². The van der Waals surface area contributed by atoms with Crippen molar-refractivity contribution in [3.8, 4) is 6.07 Å². The van der Waals surface area contributed by atoms with Gasteiger partial charge < -0.3 is 9.32 Å². The minimum absolute atomic E-state index is 0.117. The number of hydrogen-bond donors (Lipinski definition) is 1. The van der Waals surface area contributed by atoms with E-state index < -0.39 is 11.9 Å². The van der Waals surface area contributed by atoms with Crippen molar-refractivity contribution >= 4 is 17.0 Å². The van der Waals surface area contributed by atoms with Crippen molar-refractivity contribution in [3.05, 3.63) is 69.7 Å². The van der Waals surface area contributed by atoms with E-state index in [0.717, 1.165) is 11.1 Å². The van der Waals surface area contributed by atoms with E-state index in [9.17, 15) is 19.2 Å². The molecule has 8 heteroatoms. The van der Waals surface area contributed by atoms with Gasteiger partial charge in [-0.15, -0.1) is 0 Å². The average molecular weight is 422 g/mol. The smallest absolute Gasteiger partial charge is 0.408 e. The van der Waals surface area contributed by atoms with E-state index in [4.69, 9.17) is 4.42 Å². The van der Waals surface area contributed by atoms with Crippen molar-refractivity contribution in [1.82, 2.24) is 14.8 Å². The summed E-state index contributed by atoms with van der Waals surface area (Å²) in [6.07, 6.45) is -0.221. The summed E-state index contributed by atoms with van der Waals surface area (Å²) in [6.45, 7) is 1.48. The van der Waals surface area contributed by atoms with Crippen molar-refractivity contribution in [2.45, 2.75) is 25.1 Å². The topological polar surface area (TPSA) is 93.3 Å². The summed E-state index contributed by atoms with van der Waals surface area (Å²) < 4.78 is 18.7. The normalized spacial score (nSPS) is 17.5. The van der Waals surface area contributed by atoms with Crippen LogP contribution in [-0.2, 0) is 11.2 Å². The maximum Gasteiger partial charge on any atom is 0.417 e. The number of fused-ring (bicyclic) bond motifs is 1. The molecule has 0 saturated carbocycles. The van der Waals surface area contributed by atoms with Crippen LogP contribution in [0.3, 0.4) is 0 Å². The lowest BCUT2D eigenvalue weighted by Crippen LogP contribution is -2.39. The van der Waals surface area contributed by atoms with Crippen molar-refractivity contribution in [3.63, 3.8) is 0 Å². The number of nitrogens with zero attached hydrogens (tertiary/aromatic N) is 3. The highest BCUT2D eigenvalue weighted by molar-refractivity contribution is 5.81. The number of hydrogen-bond acceptors (Lipinski definition) is 5. The van der Waals surface area contributed by atoms with Gasteiger partial charge in [0.1, 0.15) is 6.17 Å². The summed E-state index contributed by atoms with van der Waals surface area (Å²) in [7, 11) is 1.73. The van der Waals surface area contributed by atoms with Crippen LogP contribution in [0, 0.1) is 11.3 Å². The Morgan fingerprint density at radius 1 is 1.39 bits per heavy atom. The second-order valence-corrected chi connectivity index (χ2v) is 7.93. The fourth-order valence-corrected chi connectivity index (χ4v) is 4.05. The SMILES string of the molecule is CN(C(=O)Cc1ccc2oc(=O)[nH]c2c1)[C@H](CN1CC[C@@H](F)C1)c1cccc(C#N)c1. The van der Waals surface area contributed by atoms with Crippen LogP contribution >= 0.6 is 0 Å². The molecule has 3 aromatic rings. The van der Waals surface area contributed by atoms with Crippen LogP contribution in [0.4, 0.5) is 4.39 Å². The molecule has 7 nitrogen and oxygen atoms in total. The summed E-state index contributed by atoms with van der Waals surface area (Å²) in [5, 5.41) is 9.27. The maximum absolute atomic E-state index is 13.7. The zero-order valence-corrected chi connectivity index (χ0v) is 17.2. The number of nitrogens with one attached hydrogen (secondary N) is 1. The molecule has 4 rings (SSSR count). The van der Waals surface area contributed by atoms with Crippen molar-refractivity contribution in [1.29, 1.82) is 5.26 Å². The van der Waals surface area contributed by atoms with Crippen molar-refractivity contribution < 1.29 is 13.6 Å². The van der Waals surface area contributed by atoms with Gasteiger partial charge in [0.05, 0.1) is 29.6 Å². The first kappa shape index (κ1) is 20.8. The van der Waals surface area contributed by atoms with Crippen molar-refractivity contribution in [2.24, 2.45) is 0 Å². The third-order valence-corrected chi connectivity index (χ3v) is 5.75. The largest absolute Gasteiger partial charge is 0.417 e. The maximum atomic E-state index is 13.7. The molecule has 1 N–H and O–H groups in total. The van der Waals surface area contributed by atoms with E-state index in [1.165, 1.54) is 0 Å². The van der Waals surface area contributed by atoms with Gasteiger partial charge in [-0.3, -0.25) is 14.7 Å². The molecular weight excluding hydrogens is 399 g/mol. The molecule has 1 aromatic heterocycles. The summed E-state index contributed by atoms with van der Waals surface area (Å²) in [5.41, 5.74) is 3.09. The number of benzene rings is 2. The van der Waals surface area contributed by atoms with E-state index in [1.54, 1.807) is 48.3 Å². The number of carbonyl (C=O) groups is 1. The molecule has 1 saturated heterocycles. The molecule has 1 amide bonds. The second kappa shape index (κ2) is 8.74. The third-order valence-electron chi connectivity index (χ3n) is 5.75. The van der Waals surface area contributed by atoms with E-state index in [0.29, 0.717) is 42.7 Å². The van der Waals surface area contributed by atoms with Crippen LogP contribution in [0.25, 0.3) is 11.1 Å². The van der Waals surface area contributed by atoms with Gasteiger partial charge in [0.2, 0.25) is 5.91 Å². The highest BCUT2D eigenvalue weighted by Crippen LogP contribution is 2.25. The molecule has 0 bridgehead atoms. The Morgan fingerprint density at radius 2 is 2.23 bits per heavy atom. The predicted molar refractivity (Wildman–Crippen MR) is 113 cm³/mol. The quantitative estimate of drug-likeness (QED) is 0.659. The fraction of sp³-hybridized carbons (Fsp3) is 0.348. The Kier molecular flexibility index (Phi) is 5.87. The van der Waals surface area contributed by atoms with Crippen LogP contribution in [0.1, 0.15) is 29.2 Å². The lowest BCUT2D eigenvalue weighted by atomic mass is 10.0. The van der Waals surface area contributed by atoms with Crippen LogP contribution in [0.2, 0.25) is 0 Å². The first-order valence-corrected chi connectivity index (χ1v) is 10.2. The molecule has 1 aliphatic rings. The molecule has 2 heterocycles. The number of nitriles is 1. The minimum Gasteiger partial charge on any atom is -0.408 e. The van der Waals surface area contributed by atoms with Gasteiger partial charge in [-0.25, -0.2) is 9.18 Å². The number of rotatable bonds is 6. The monoisotopic (exact) mass is 422 g/mol. The lowest BCUT2D eigenvalue weighted by molar-refractivity contribution is -0.131. The van der Waals surface area contributed by atoms with Gasteiger partial charge >= 0.3 is 5.76 Å². The van der Waals surface area contributed by atoms with Crippen LogP contribution in [0.15, 0.2) is 51.7 Å². The Labute approximate surface area is 178 Å². The van der Waals surface area contributed by atoms with E-state index >= 15 is 0 Å². The number of alkyl halides is 1. The zero-order chi connectivity index (χ0) is 22.0. The van der Waals surface area contributed by atoms with Gasteiger partial charge in [0.15, 0.2) is 5.58 Å². The highest BCUT2D eigenvalue weighted by Gasteiger charge is 2.29. The first-order chi connectivity index (χ1) is 14.9. The first-order valence-electron chi connectivity index (χ1n) is 10.2. The highest BCUT2D eigenvalue weighted by atomic mass is 19.1. The van der Waals surface area contributed by atoms with Crippen LogP contribution in [0.5, 0.6) is 0 Å². The number of H-pyrrole nitrogens is 1. The number of halogens is 1. The molecule has 2 atom stereocenters. The molecule has 2 aromatic carbocycles. The van der Waals surface area contributed by atoms with E-state index in [1.807, 2.05) is 11.0 Å². The average Bonchev–Trinajstić information content (AvgIpc) is 3.35. The summed E-state index contributed by atoms with van der Waals surface area (Å²) in [6, 6.07) is 14.1. The van der Waals surface area contributed by atoms with E-state index in [-0.39, 0.29) is 18.4 Å². The molecule has 0 radical (unpaired) electrons. The molecule has 1 aliphatic heterocycles. The number of likely N-dealkylation sites (tertiary alicyclic amines) is 1. The van der Waals surface area contributed by atoms with Crippen LogP contribution < -0.4 is 5.76 Å². The van der Waals surface area contributed by atoms with Gasteiger partial charge in [-0.05, 0) is 41.8 Å². The summed E-state index contributed by atoms with van der Waals surface area (Å²) in [4.78, 5) is 30.8. The van der Waals surface area contributed by atoms with Crippen LogP contribution in [-0.4, -0.2) is 53.5 Å². The Hall–Kier alpha value is -3.44. The molecule has 0 spiro atoms. The third kappa shape index (κ3) is 4.67. The van der Waals surface area contributed by atoms with Crippen molar-refractivity contribution in [2.75, 3.05) is 26.7 Å². The van der Waals surface area contributed by atoms with E-state index in [2.05, 4.69) is 11.1 Å². The number of aromatic nitrogens is 1. The number of amides is 1.